The summed E-state index contributed by atoms with van der Waals surface area (Å²) < 4.78 is 0. The first kappa shape index (κ1) is 20.1. The Kier molecular flexibility index (Phi) is 9.36. The number of nitrogens with zero attached hydrogens (tertiary/aromatic N) is 2. The van der Waals surface area contributed by atoms with Crippen LogP contribution in [-0.4, -0.2) is 32.6 Å². The average Bonchev–Trinajstić information content (AvgIpc) is 2.54. The number of nitrogens with one attached hydrogen (secondary N) is 2. The molecule has 23 heavy (non-hydrogen) atoms. The lowest BCUT2D eigenvalue weighted by molar-refractivity contribution is 0.410. The predicted octanol–water partition coefficient (Wildman–Crippen LogP) is 3.76. The van der Waals surface area contributed by atoms with Crippen molar-refractivity contribution in [2.75, 3.05) is 25.5 Å². The molecule has 1 saturated carbocycles. The fourth-order valence-electron chi connectivity index (χ4n) is 2.83. The van der Waals surface area contributed by atoms with E-state index in [9.17, 15) is 0 Å². The van der Waals surface area contributed by atoms with Gasteiger partial charge >= 0.3 is 0 Å². The minimum Gasteiger partial charge on any atom is -0.378 e. The monoisotopic (exact) mass is 430 g/mol. The summed E-state index contributed by atoms with van der Waals surface area (Å²) in [5.74, 6) is 0.950. The Hall–Kier alpha value is -0.980. The van der Waals surface area contributed by atoms with Crippen LogP contribution in [0.5, 0.6) is 0 Å². The van der Waals surface area contributed by atoms with Crippen LogP contribution in [0, 0.1) is 0 Å². The Bertz CT molecular complexity index is 464. The highest BCUT2D eigenvalue weighted by Gasteiger charge is 2.14. The topological polar surface area (TPSA) is 39.7 Å². The van der Waals surface area contributed by atoms with Crippen LogP contribution in [0.15, 0.2) is 29.3 Å². The van der Waals surface area contributed by atoms with Crippen LogP contribution in [0.3, 0.4) is 0 Å². The Labute approximate surface area is 158 Å². The van der Waals surface area contributed by atoms with E-state index in [2.05, 4.69) is 60.8 Å². The highest BCUT2D eigenvalue weighted by atomic mass is 127. The molecule has 130 valence electrons. The van der Waals surface area contributed by atoms with Crippen molar-refractivity contribution in [3.05, 3.63) is 29.8 Å². The second-order valence-corrected chi connectivity index (χ2v) is 6.24. The van der Waals surface area contributed by atoms with Gasteiger partial charge in [-0.1, -0.05) is 31.4 Å². The summed E-state index contributed by atoms with van der Waals surface area (Å²) >= 11 is 0. The normalized spacial score (nSPS) is 15.7. The van der Waals surface area contributed by atoms with Gasteiger partial charge in [0.2, 0.25) is 0 Å². The molecule has 0 amide bonds. The molecule has 0 atom stereocenters. The molecule has 1 aromatic carbocycles. The first-order valence-corrected chi connectivity index (χ1v) is 8.50. The molecule has 1 aliphatic carbocycles. The van der Waals surface area contributed by atoms with Crippen molar-refractivity contribution < 1.29 is 0 Å². The molecular weight excluding hydrogens is 399 g/mol. The number of hydrogen-bond donors (Lipinski definition) is 2. The van der Waals surface area contributed by atoms with Gasteiger partial charge in [0.15, 0.2) is 5.96 Å². The standard InChI is InChI=1S/C18H30N4.HI/c1-4-19-18(21-16-8-6-5-7-9-16)20-14-15-10-12-17(13-11-15)22(2)3;/h10-13,16H,4-9,14H2,1-3H3,(H2,19,20,21);1H. The molecule has 0 saturated heterocycles. The second kappa shape index (κ2) is 10.7. The van der Waals surface area contributed by atoms with Crippen molar-refractivity contribution in [2.45, 2.75) is 51.6 Å². The number of aliphatic imine (C=N–C) groups is 1. The zero-order chi connectivity index (χ0) is 15.8. The molecule has 0 bridgehead atoms. The number of guanidine groups is 1. The van der Waals surface area contributed by atoms with Crippen LogP contribution in [0.25, 0.3) is 0 Å². The number of hydrogen-bond acceptors (Lipinski definition) is 2. The molecular formula is C18H31IN4. The van der Waals surface area contributed by atoms with Gasteiger partial charge in [-0.15, -0.1) is 24.0 Å². The SMILES string of the molecule is CCNC(=NCc1ccc(N(C)C)cc1)NC1CCCCC1.I. The van der Waals surface area contributed by atoms with Gasteiger partial charge in [0, 0.05) is 32.4 Å². The van der Waals surface area contributed by atoms with Crippen LogP contribution < -0.4 is 15.5 Å². The Balaban J connectivity index is 0.00000264. The van der Waals surface area contributed by atoms with Gasteiger partial charge < -0.3 is 15.5 Å². The van der Waals surface area contributed by atoms with Crippen molar-refractivity contribution >= 4 is 35.6 Å². The molecule has 0 radical (unpaired) electrons. The van der Waals surface area contributed by atoms with Crippen molar-refractivity contribution in [3.8, 4) is 0 Å². The fraction of sp³-hybridized carbons (Fsp3) is 0.611. The maximum atomic E-state index is 4.73. The fourth-order valence-corrected chi connectivity index (χ4v) is 2.83. The lowest BCUT2D eigenvalue weighted by Gasteiger charge is -2.24. The lowest BCUT2D eigenvalue weighted by atomic mass is 9.96. The van der Waals surface area contributed by atoms with Crippen LogP contribution in [0.2, 0.25) is 0 Å². The quantitative estimate of drug-likeness (QED) is 0.425. The van der Waals surface area contributed by atoms with Gasteiger partial charge in [-0.25, -0.2) is 4.99 Å². The molecule has 5 heteroatoms. The molecule has 1 aliphatic rings. The molecule has 4 nitrogen and oxygen atoms in total. The van der Waals surface area contributed by atoms with Crippen molar-refractivity contribution in [2.24, 2.45) is 4.99 Å². The highest BCUT2D eigenvalue weighted by molar-refractivity contribution is 14.0. The Morgan fingerprint density at radius 3 is 2.35 bits per heavy atom. The van der Waals surface area contributed by atoms with E-state index >= 15 is 0 Å². The Morgan fingerprint density at radius 1 is 1.13 bits per heavy atom. The van der Waals surface area contributed by atoms with E-state index in [0.29, 0.717) is 6.04 Å². The third-order valence-corrected chi connectivity index (χ3v) is 4.16. The van der Waals surface area contributed by atoms with Crippen LogP contribution in [0.4, 0.5) is 5.69 Å². The summed E-state index contributed by atoms with van der Waals surface area (Å²) in [5, 5.41) is 6.95. The molecule has 1 fully saturated rings. The summed E-state index contributed by atoms with van der Waals surface area (Å²) in [7, 11) is 4.12. The summed E-state index contributed by atoms with van der Waals surface area (Å²) in [4.78, 5) is 6.85. The van der Waals surface area contributed by atoms with Gasteiger partial charge in [-0.2, -0.15) is 0 Å². The van der Waals surface area contributed by atoms with Crippen LogP contribution in [0.1, 0.15) is 44.6 Å². The molecule has 0 spiro atoms. The first-order chi connectivity index (χ1) is 10.7. The van der Waals surface area contributed by atoms with E-state index in [1.165, 1.54) is 43.4 Å². The van der Waals surface area contributed by atoms with Gasteiger partial charge in [0.05, 0.1) is 6.54 Å². The van der Waals surface area contributed by atoms with Gasteiger partial charge in [0.1, 0.15) is 0 Å². The minimum atomic E-state index is 0. The van der Waals surface area contributed by atoms with Gasteiger partial charge in [-0.3, -0.25) is 0 Å². The number of halogens is 1. The molecule has 0 unspecified atom stereocenters. The van der Waals surface area contributed by atoms with E-state index < -0.39 is 0 Å². The number of rotatable bonds is 5. The second-order valence-electron chi connectivity index (χ2n) is 6.24. The summed E-state index contributed by atoms with van der Waals surface area (Å²) in [6, 6.07) is 9.19. The van der Waals surface area contributed by atoms with E-state index in [1.54, 1.807) is 0 Å². The Morgan fingerprint density at radius 2 is 1.78 bits per heavy atom. The zero-order valence-corrected chi connectivity index (χ0v) is 17.0. The molecule has 0 heterocycles. The largest absolute Gasteiger partial charge is 0.378 e. The number of benzene rings is 1. The van der Waals surface area contributed by atoms with E-state index in [1.807, 2.05) is 0 Å². The zero-order valence-electron chi connectivity index (χ0n) is 14.6. The predicted molar refractivity (Wildman–Crippen MR) is 111 cm³/mol. The van der Waals surface area contributed by atoms with E-state index in [4.69, 9.17) is 4.99 Å². The summed E-state index contributed by atoms with van der Waals surface area (Å²) in [6.45, 7) is 3.73. The first-order valence-electron chi connectivity index (χ1n) is 8.50. The molecule has 0 aromatic heterocycles. The average molecular weight is 430 g/mol. The van der Waals surface area contributed by atoms with Crippen molar-refractivity contribution in [1.29, 1.82) is 0 Å². The van der Waals surface area contributed by atoms with Crippen molar-refractivity contribution in [3.63, 3.8) is 0 Å². The highest BCUT2D eigenvalue weighted by Crippen LogP contribution is 2.17. The lowest BCUT2D eigenvalue weighted by Crippen LogP contribution is -2.44. The third kappa shape index (κ3) is 6.97. The minimum absolute atomic E-state index is 0. The van der Waals surface area contributed by atoms with Crippen LogP contribution in [-0.2, 0) is 6.54 Å². The van der Waals surface area contributed by atoms with Gasteiger partial charge in [0.25, 0.3) is 0 Å². The summed E-state index contributed by atoms with van der Waals surface area (Å²) in [6.07, 6.45) is 6.58. The van der Waals surface area contributed by atoms with Gasteiger partial charge in [-0.05, 0) is 37.5 Å². The van der Waals surface area contributed by atoms with E-state index in [0.717, 1.165) is 19.0 Å². The number of anilines is 1. The van der Waals surface area contributed by atoms with Crippen molar-refractivity contribution in [1.82, 2.24) is 10.6 Å². The molecule has 1 aromatic rings. The summed E-state index contributed by atoms with van der Waals surface area (Å²) in [5.41, 5.74) is 2.46. The maximum absolute atomic E-state index is 4.73. The molecule has 2 N–H and O–H groups in total. The third-order valence-electron chi connectivity index (χ3n) is 4.16. The van der Waals surface area contributed by atoms with Crippen LogP contribution >= 0.6 is 24.0 Å². The maximum Gasteiger partial charge on any atom is 0.191 e. The molecule has 2 rings (SSSR count). The molecule has 0 aliphatic heterocycles. The smallest absolute Gasteiger partial charge is 0.191 e. The van der Waals surface area contributed by atoms with E-state index in [-0.39, 0.29) is 24.0 Å².